The van der Waals surface area contributed by atoms with Crippen LogP contribution < -0.4 is 10.2 Å². The Morgan fingerprint density at radius 2 is 1.97 bits per heavy atom. The summed E-state index contributed by atoms with van der Waals surface area (Å²) in [4.78, 5) is 15.8. The molecule has 3 N–H and O–H groups in total. The van der Waals surface area contributed by atoms with Gasteiger partial charge in [0.05, 0.1) is 11.5 Å². The molecule has 3 aromatic rings. The van der Waals surface area contributed by atoms with Crippen LogP contribution in [0.1, 0.15) is 37.1 Å². The number of hydrogen-bond donors (Lipinski definition) is 3. The van der Waals surface area contributed by atoms with Crippen LogP contribution in [-0.2, 0) is 21.2 Å². The van der Waals surface area contributed by atoms with Gasteiger partial charge in [-0.15, -0.1) is 0 Å². The van der Waals surface area contributed by atoms with Crippen LogP contribution in [0.15, 0.2) is 53.4 Å². The number of para-hydroxylation sites is 1. The number of hydrogen-bond acceptors (Lipinski definition) is 5. The van der Waals surface area contributed by atoms with Gasteiger partial charge in [-0.3, -0.25) is 10.0 Å². The first-order valence-electron chi connectivity index (χ1n) is 10.3. The largest absolute Gasteiger partial charge is 0.494 e. The van der Waals surface area contributed by atoms with Crippen molar-refractivity contribution < 1.29 is 23.2 Å². The third kappa shape index (κ3) is 3.91. The number of rotatable bonds is 7. The van der Waals surface area contributed by atoms with E-state index in [4.69, 9.17) is 4.74 Å². The van der Waals surface area contributed by atoms with Crippen molar-refractivity contribution in [3.8, 4) is 5.75 Å². The maximum absolute atomic E-state index is 13.4. The lowest BCUT2D eigenvalue weighted by molar-refractivity contribution is -0.133. The van der Waals surface area contributed by atoms with E-state index in [0.29, 0.717) is 24.5 Å². The number of hydroxylamine groups is 1. The van der Waals surface area contributed by atoms with Crippen molar-refractivity contribution in [2.45, 2.75) is 37.1 Å². The minimum atomic E-state index is -4.00. The highest BCUT2D eigenvalue weighted by Gasteiger charge is 2.42. The van der Waals surface area contributed by atoms with Crippen LogP contribution in [0.4, 0.5) is 0 Å². The number of nitrogens with one attached hydrogen (secondary N) is 2. The van der Waals surface area contributed by atoms with Gasteiger partial charge in [0.1, 0.15) is 11.8 Å². The highest BCUT2D eigenvalue weighted by Crippen LogP contribution is 2.37. The first-order chi connectivity index (χ1) is 15.0. The van der Waals surface area contributed by atoms with Gasteiger partial charge in [0.15, 0.2) is 0 Å². The number of aromatic amines is 1. The summed E-state index contributed by atoms with van der Waals surface area (Å²) in [6.45, 7) is 2.75. The number of sulfonamides is 1. The second kappa shape index (κ2) is 8.70. The number of unbranched alkanes of at least 4 members (excludes halogenated alkanes) is 1. The molecule has 0 radical (unpaired) electrons. The lowest BCUT2D eigenvalue weighted by Gasteiger charge is -2.33. The summed E-state index contributed by atoms with van der Waals surface area (Å²) >= 11 is 0. The summed E-state index contributed by atoms with van der Waals surface area (Å²) in [6, 6.07) is 12.5. The number of nitrogens with zero attached hydrogens (tertiary/aromatic N) is 1. The van der Waals surface area contributed by atoms with Gasteiger partial charge in [-0.25, -0.2) is 13.9 Å². The van der Waals surface area contributed by atoms with Gasteiger partial charge in [0.25, 0.3) is 5.91 Å². The molecule has 1 aliphatic heterocycles. The average molecular weight is 444 g/mol. The second-order valence-corrected chi connectivity index (χ2v) is 9.37. The maximum atomic E-state index is 13.4. The lowest BCUT2D eigenvalue weighted by atomic mass is 9.99. The Kier molecular flexibility index (Phi) is 5.99. The molecule has 0 bridgehead atoms. The van der Waals surface area contributed by atoms with E-state index in [9.17, 15) is 18.4 Å². The van der Waals surface area contributed by atoms with Crippen molar-refractivity contribution in [1.29, 1.82) is 0 Å². The van der Waals surface area contributed by atoms with Gasteiger partial charge in [0.2, 0.25) is 10.0 Å². The molecule has 9 heteroatoms. The summed E-state index contributed by atoms with van der Waals surface area (Å²) in [6.07, 6.45) is 2.37. The number of H-pyrrole nitrogens is 1. The van der Waals surface area contributed by atoms with E-state index in [1.165, 1.54) is 12.1 Å². The lowest BCUT2D eigenvalue weighted by Crippen LogP contribution is -2.46. The topological polar surface area (TPSA) is 112 Å². The fourth-order valence-corrected chi connectivity index (χ4v) is 5.54. The molecule has 2 aromatic carbocycles. The van der Waals surface area contributed by atoms with E-state index in [0.717, 1.165) is 33.6 Å². The van der Waals surface area contributed by atoms with Crippen molar-refractivity contribution in [3.63, 3.8) is 0 Å². The summed E-state index contributed by atoms with van der Waals surface area (Å²) in [5, 5.41) is 10.3. The van der Waals surface area contributed by atoms with Gasteiger partial charge >= 0.3 is 0 Å². The molecule has 2 heterocycles. The van der Waals surface area contributed by atoms with E-state index in [2.05, 4.69) is 11.9 Å². The molecule has 0 aliphatic carbocycles. The third-order valence-electron chi connectivity index (χ3n) is 5.55. The number of benzene rings is 2. The van der Waals surface area contributed by atoms with Crippen molar-refractivity contribution >= 4 is 26.8 Å². The third-order valence-corrected chi connectivity index (χ3v) is 7.42. The molecular weight excluding hydrogens is 418 g/mol. The highest BCUT2D eigenvalue weighted by molar-refractivity contribution is 7.89. The van der Waals surface area contributed by atoms with E-state index in [1.807, 2.05) is 24.3 Å². The summed E-state index contributed by atoms with van der Waals surface area (Å²) in [5.41, 5.74) is 3.80. The molecule has 31 heavy (non-hydrogen) atoms. The molecule has 1 unspecified atom stereocenters. The fraction of sp³-hybridized carbons (Fsp3) is 0.318. The van der Waals surface area contributed by atoms with Crippen LogP contribution in [0.25, 0.3) is 10.9 Å². The second-order valence-electron chi connectivity index (χ2n) is 7.48. The van der Waals surface area contributed by atoms with Gasteiger partial charge in [-0.1, -0.05) is 31.5 Å². The number of carbonyl (C=O) groups is 1. The first-order valence-corrected chi connectivity index (χ1v) is 11.7. The van der Waals surface area contributed by atoms with Crippen LogP contribution in [0.3, 0.4) is 0 Å². The molecule has 0 fully saturated rings. The Morgan fingerprint density at radius 3 is 2.68 bits per heavy atom. The number of amides is 1. The standard InChI is InChI=1S/C22H25N3O5S/c1-2-3-14-30-15-8-10-16(11-9-15)31(28,29)25-13-12-18-17-6-4-5-7-19(17)23-20(18)21(25)22(26)24-27/h4-11,21,23,27H,2-3,12-14H2,1H3,(H,24,26). The van der Waals surface area contributed by atoms with Gasteiger partial charge < -0.3 is 9.72 Å². The van der Waals surface area contributed by atoms with E-state index in [1.54, 1.807) is 17.6 Å². The van der Waals surface area contributed by atoms with Gasteiger partial charge in [-0.2, -0.15) is 4.31 Å². The van der Waals surface area contributed by atoms with Crippen molar-refractivity contribution in [3.05, 3.63) is 59.8 Å². The molecule has 1 aliphatic rings. The van der Waals surface area contributed by atoms with Crippen molar-refractivity contribution in [2.75, 3.05) is 13.2 Å². The zero-order valence-electron chi connectivity index (χ0n) is 17.2. The zero-order valence-corrected chi connectivity index (χ0v) is 18.0. The van der Waals surface area contributed by atoms with Crippen LogP contribution in [0.5, 0.6) is 5.75 Å². The van der Waals surface area contributed by atoms with E-state index >= 15 is 0 Å². The van der Waals surface area contributed by atoms with Crippen LogP contribution in [-0.4, -0.2) is 42.0 Å². The van der Waals surface area contributed by atoms with E-state index in [-0.39, 0.29) is 11.4 Å². The summed E-state index contributed by atoms with van der Waals surface area (Å²) in [7, 11) is -4.00. The molecule has 0 saturated heterocycles. The Bertz CT molecular complexity index is 1190. The Morgan fingerprint density at radius 1 is 1.23 bits per heavy atom. The van der Waals surface area contributed by atoms with Gasteiger partial charge in [-0.05, 0) is 48.7 Å². The molecule has 1 atom stereocenters. The van der Waals surface area contributed by atoms with Crippen LogP contribution in [0, 0.1) is 0 Å². The Labute approximate surface area is 180 Å². The number of ether oxygens (including phenoxy) is 1. The maximum Gasteiger partial charge on any atom is 0.267 e. The Balaban J connectivity index is 1.69. The molecule has 0 saturated carbocycles. The van der Waals surface area contributed by atoms with Gasteiger partial charge in [0, 0.05) is 23.1 Å². The molecule has 8 nitrogen and oxygen atoms in total. The molecule has 1 aromatic heterocycles. The molecule has 1 amide bonds. The molecular formula is C22H25N3O5S. The van der Waals surface area contributed by atoms with Crippen LogP contribution in [0.2, 0.25) is 0 Å². The monoisotopic (exact) mass is 443 g/mol. The summed E-state index contributed by atoms with van der Waals surface area (Å²) in [5.74, 6) is -0.218. The smallest absolute Gasteiger partial charge is 0.267 e. The Hall–Kier alpha value is -2.88. The van der Waals surface area contributed by atoms with Crippen molar-refractivity contribution in [1.82, 2.24) is 14.8 Å². The molecule has 164 valence electrons. The number of fused-ring (bicyclic) bond motifs is 3. The van der Waals surface area contributed by atoms with Crippen molar-refractivity contribution in [2.24, 2.45) is 0 Å². The molecule has 4 rings (SSSR count). The number of aromatic nitrogens is 1. The SMILES string of the molecule is CCCCOc1ccc(S(=O)(=O)N2CCc3c([nH]c4ccccc34)C2C(=O)NO)cc1. The first kappa shape index (κ1) is 21.4. The average Bonchev–Trinajstić information content (AvgIpc) is 3.17. The predicted molar refractivity (Wildman–Crippen MR) is 115 cm³/mol. The van der Waals surface area contributed by atoms with Crippen LogP contribution >= 0.6 is 0 Å². The minimum Gasteiger partial charge on any atom is -0.494 e. The van der Waals surface area contributed by atoms with E-state index < -0.39 is 22.0 Å². The molecule has 0 spiro atoms. The highest BCUT2D eigenvalue weighted by atomic mass is 32.2. The number of carbonyl (C=O) groups excluding carboxylic acids is 1. The summed E-state index contributed by atoms with van der Waals surface area (Å²) < 4.78 is 33.6. The minimum absolute atomic E-state index is 0.0608. The quantitative estimate of drug-likeness (QED) is 0.295. The predicted octanol–water partition coefficient (Wildman–Crippen LogP) is 3.14. The zero-order chi connectivity index (χ0) is 22.0. The normalized spacial score (nSPS) is 16.8. The fourth-order valence-electron chi connectivity index (χ4n) is 3.98.